The van der Waals surface area contributed by atoms with E-state index in [0.29, 0.717) is 5.02 Å². The summed E-state index contributed by atoms with van der Waals surface area (Å²) < 4.78 is 23.0. The molecule has 0 heterocycles. The third kappa shape index (κ3) is 3.63. The van der Waals surface area contributed by atoms with Crippen LogP contribution in [-0.2, 0) is 10.0 Å². The van der Waals surface area contributed by atoms with Crippen molar-refractivity contribution < 1.29 is 8.42 Å². The SMILES string of the molecule is CCC1(CC)C=C(c2ccc(Cl)cc2)C(c2ccc(S(N)(=O)=O)cc2)=C1. The molecule has 0 aromatic heterocycles. The zero-order chi connectivity index (χ0) is 18.9. The molecule has 5 heteroatoms. The van der Waals surface area contributed by atoms with Crippen LogP contribution in [-0.4, -0.2) is 8.42 Å². The molecule has 0 unspecified atom stereocenters. The number of halogens is 1. The van der Waals surface area contributed by atoms with Gasteiger partial charge in [-0.2, -0.15) is 0 Å². The fourth-order valence-corrected chi connectivity index (χ4v) is 4.00. The van der Waals surface area contributed by atoms with E-state index in [2.05, 4.69) is 26.0 Å². The number of allylic oxidation sites excluding steroid dienone is 4. The molecule has 0 atom stereocenters. The Kier molecular flexibility index (Phi) is 5.11. The van der Waals surface area contributed by atoms with Gasteiger partial charge in [0, 0.05) is 10.4 Å². The van der Waals surface area contributed by atoms with Gasteiger partial charge in [0.2, 0.25) is 10.0 Å². The molecular formula is C21H22ClNO2S. The molecule has 136 valence electrons. The van der Waals surface area contributed by atoms with Crippen molar-refractivity contribution in [3.63, 3.8) is 0 Å². The lowest BCUT2D eigenvalue weighted by molar-refractivity contribution is 0.464. The lowest BCUT2D eigenvalue weighted by Gasteiger charge is -2.20. The Morgan fingerprint density at radius 3 is 1.65 bits per heavy atom. The number of hydrogen-bond donors (Lipinski definition) is 1. The minimum absolute atomic E-state index is 0.00289. The van der Waals surface area contributed by atoms with Crippen LogP contribution in [0.4, 0.5) is 0 Å². The Labute approximate surface area is 160 Å². The van der Waals surface area contributed by atoms with E-state index in [9.17, 15) is 8.42 Å². The van der Waals surface area contributed by atoms with Gasteiger partial charge in [-0.15, -0.1) is 0 Å². The molecule has 0 saturated carbocycles. The van der Waals surface area contributed by atoms with E-state index in [-0.39, 0.29) is 10.3 Å². The Bertz CT molecular complexity index is 968. The van der Waals surface area contributed by atoms with Gasteiger partial charge in [0.05, 0.1) is 4.90 Å². The summed E-state index contributed by atoms with van der Waals surface area (Å²) in [4.78, 5) is 0.120. The maximum absolute atomic E-state index is 11.5. The summed E-state index contributed by atoms with van der Waals surface area (Å²) >= 11 is 6.04. The highest BCUT2D eigenvalue weighted by Crippen LogP contribution is 2.47. The second-order valence-electron chi connectivity index (χ2n) is 6.63. The van der Waals surface area contributed by atoms with Gasteiger partial charge in [0.15, 0.2) is 0 Å². The first-order valence-corrected chi connectivity index (χ1v) is 10.6. The standard InChI is InChI=1S/C21H22ClNO2S/c1-3-21(4-2)13-19(15-5-9-17(22)10-6-15)20(14-21)16-7-11-18(12-8-16)26(23,24)25/h5-14H,3-4H2,1-2H3,(H2,23,24,25). The summed E-state index contributed by atoms with van der Waals surface area (Å²) in [6.07, 6.45) is 6.61. The first-order chi connectivity index (χ1) is 12.3. The van der Waals surface area contributed by atoms with Gasteiger partial charge < -0.3 is 0 Å². The molecule has 0 radical (unpaired) electrons. The Hall–Kier alpha value is -1.88. The minimum atomic E-state index is -3.69. The van der Waals surface area contributed by atoms with Crippen LogP contribution in [0.1, 0.15) is 37.8 Å². The topological polar surface area (TPSA) is 60.2 Å². The van der Waals surface area contributed by atoms with Gasteiger partial charge in [-0.05, 0) is 59.4 Å². The van der Waals surface area contributed by atoms with Crippen molar-refractivity contribution in [3.8, 4) is 0 Å². The van der Waals surface area contributed by atoms with Gasteiger partial charge in [0.25, 0.3) is 0 Å². The van der Waals surface area contributed by atoms with Gasteiger partial charge in [0.1, 0.15) is 0 Å². The first kappa shape index (κ1) is 18.9. The van der Waals surface area contributed by atoms with E-state index in [4.69, 9.17) is 16.7 Å². The Morgan fingerprint density at radius 2 is 1.27 bits per heavy atom. The molecule has 2 aromatic carbocycles. The molecule has 1 aliphatic rings. The average molecular weight is 388 g/mol. The highest BCUT2D eigenvalue weighted by atomic mass is 35.5. The minimum Gasteiger partial charge on any atom is -0.225 e. The molecular weight excluding hydrogens is 366 g/mol. The molecule has 0 fully saturated rings. The number of hydrogen-bond acceptors (Lipinski definition) is 2. The number of primary sulfonamides is 1. The summed E-state index contributed by atoms with van der Waals surface area (Å²) in [6, 6.07) is 14.6. The third-order valence-electron chi connectivity index (χ3n) is 5.12. The monoisotopic (exact) mass is 387 g/mol. The van der Waals surface area contributed by atoms with Gasteiger partial charge >= 0.3 is 0 Å². The summed E-state index contributed by atoms with van der Waals surface area (Å²) in [5, 5.41) is 5.91. The van der Waals surface area contributed by atoms with Crippen LogP contribution in [0.15, 0.2) is 65.6 Å². The molecule has 1 aliphatic carbocycles. The molecule has 2 aromatic rings. The summed E-state index contributed by atoms with van der Waals surface area (Å²) in [7, 11) is -3.69. The summed E-state index contributed by atoms with van der Waals surface area (Å²) in [5.74, 6) is 0. The Morgan fingerprint density at radius 1 is 0.846 bits per heavy atom. The van der Waals surface area contributed by atoms with Crippen LogP contribution in [0.2, 0.25) is 5.02 Å². The first-order valence-electron chi connectivity index (χ1n) is 8.63. The lowest BCUT2D eigenvalue weighted by atomic mass is 9.84. The molecule has 3 rings (SSSR count). The van der Waals surface area contributed by atoms with Crippen molar-refractivity contribution in [1.82, 2.24) is 0 Å². The van der Waals surface area contributed by atoms with E-state index >= 15 is 0 Å². The number of rotatable bonds is 5. The van der Waals surface area contributed by atoms with Crippen molar-refractivity contribution >= 4 is 32.8 Å². The fourth-order valence-electron chi connectivity index (χ4n) is 3.36. The van der Waals surface area contributed by atoms with Crippen LogP contribution >= 0.6 is 11.6 Å². The molecule has 26 heavy (non-hydrogen) atoms. The van der Waals surface area contributed by atoms with E-state index in [0.717, 1.165) is 35.1 Å². The van der Waals surface area contributed by atoms with Crippen LogP contribution in [0.5, 0.6) is 0 Å². The Balaban J connectivity index is 2.10. The highest BCUT2D eigenvalue weighted by molar-refractivity contribution is 7.89. The molecule has 0 bridgehead atoms. The smallest absolute Gasteiger partial charge is 0.225 e. The van der Waals surface area contributed by atoms with E-state index in [1.165, 1.54) is 0 Å². The quantitative estimate of drug-likeness (QED) is 0.759. The van der Waals surface area contributed by atoms with Crippen molar-refractivity contribution in [2.24, 2.45) is 10.6 Å². The number of benzene rings is 2. The largest absolute Gasteiger partial charge is 0.238 e. The lowest BCUT2D eigenvalue weighted by Crippen LogP contribution is -2.11. The second kappa shape index (κ2) is 7.03. The predicted octanol–water partition coefficient (Wildman–Crippen LogP) is 5.27. The average Bonchev–Trinajstić information content (AvgIpc) is 3.02. The molecule has 3 nitrogen and oxygen atoms in total. The number of nitrogens with two attached hydrogens (primary N) is 1. The fraction of sp³-hybridized carbons (Fsp3) is 0.238. The van der Waals surface area contributed by atoms with Crippen molar-refractivity contribution in [2.45, 2.75) is 31.6 Å². The molecule has 2 N–H and O–H groups in total. The van der Waals surface area contributed by atoms with Crippen molar-refractivity contribution in [2.75, 3.05) is 0 Å². The van der Waals surface area contributed by atoms with Crippen LogP contribution in [0.25, 0.3) is 11.1 Å². The van der Waals surface area contributed by atoms with E-state index in [1.807, 2.05) is 36.4 Å². The zero-order valence-electron chi connectivity index (χ0n) is 14.9. The maximum atomic E-state index is 11.5. The normalized spacial score (nSPS) is 16.3. The summed E-state index contributed by atoms with van der Waals surface area (Å²) in [6.45, 7) is 4.37. The maximum Gasteiger partial charge on any atom is 0.238 e. The van der Waals surface area contributed by atoms with Crippen LogP contribution < -0.4 is 5.14 Å². The van der Waals surface area contributed by atoms with E-state index in [1.54, 1.807) is 12.1 Å². The van der Waals surface area contributed by atoms with Crippen LogP contribution in [0.3, 0.4) is 0 Å². The molecule has 0 amide bonds. The summed E-state index contributed by atoms with van der Waals surface area (Å²) in [5.41, 5.74) is 4.33. The van der Waals surface area contributed by atoms with Crippen molar-refractivity contribution in [1.29, 1.82) is 0 Å². The van der Waals surface area contributed by atoms with Gasteiger partial charge in [-0.3, -0.25) is 0 Å². The van der Waals surface area contributed by atoms with Gasteiger partial charge in [-0.1, -0.05) is 61.9 Å². The molecule has 0 aliphatic heterocycles. The molecule has 0 saturated heterocycles. The van der Waals surface area contributed by atoms with E-state index < -0.39 is 10.0 Å². The number of sulfonamides is 1. The highest BCUT2D eigenvalue weighted by Gasteiger charge is 2.30. The second-order valence-corrected chi connectivity index (χ2v) is 8.63. The van der Waals surface area contributed by atoms with Gasteiger partial charge in [-0.25, -0.2) is 13.6 Å². The zero-order valence-corrected chi connectivity index (χ0v) is 16.4. The van der Waals surface area contributed by atoms with Crippen molar-refractivity contribution in [3.05, 3.63) is 76.8 Å². The third-order valence-corrected chi connectivity index (χ3v) is 6.30. The predicted molar refractivity (Wildman–Crippen MR) is 108 cm³/mol. The van der Waals surface area contributed by atoms with Crippen LogP contribution in [0, 0.1) is 5.41 Å². The molecule has 0 spiro atoms.